The predicted octanol–water partition coefficient (Wildman–Crippen LogP) is 4.88. The molecule has 1 spiro atoms. The van der Waals surface area contributed by atoms with Gasteiger partial charge in [-0.3, -0.25) is 9.59 Å². The molecular formula is C25H36O4. The summed E-state index contributed by atoms with van der Waals surface area (Å²) in [6.45, 7) is 20.3. The van der Waals surface area contributed by atoms with Crippen LogP contribution in [0.15, 0.2) is 25.3 Å². The van der Waals surface area contributed by atoms with Crippen molar-refractivity contribution >= 4 is 11.8 Å². The lowest BCUT2D eigenvalue weighted by Gasteiger charge is -2.68. The van der Waals surface area contributed by atoms with E-state index in [-0.39, 0.29) is 45.8 Å². The van der Waals surface area contributed by atoms with Crippen molar-refractivity contribution in [1.29, 1.82) is 0 Å². The van der Waals surface area contributed by atoms with Crippen LogP contribution >= 0.6 is 0 Å². The van der Waals surface area contributed by atoms with Gasteiger partial charge in [-0.05, 0) is 55.3 Å². The third kappa shape index (κ3) is 2.24. The third-order valence-corrected chi connectivity index (χ3v) is 9.64. The van der Waals surface area contributed by atoms with Gasteiger partial charge < -0.3 is 9.47 Å². The van der Waals surface area contributed by atoms with Crippen LogP contribution in [0.25, 0.3) is 0 Å². The molecule has 0 aromatic rings. The molecule has 1 heterocycles. The van der Waals surface area contributed by atoms with Crippen molar-refractivity contribution in [3.05, 3.63) is 25.3 Å². The summed E-state index contributed by atoms with van der Waals surface area (Å²) in [5, 5.41) is 0. The number of carbonyl (C=O) groups excluding carboxylic acids is 2. The van der Waals surface area contributed by atoms with Gasteiger partial charge >= 0.3 is 5.97 Å². The largest absolute Gasteiger partial charge is 0.459 e. The standard InChI is InChI=1S/C25H36O4/c1-9-17-11-12-21(5)14-25(21)15(3)20(28-16(4)26)24(8)19(23(17,25)7)18(27)13-22(6,10-2)29-24/h9-10,15,17,19-20H,1-2,11-14H2,3-8H3/t15-,17+,19?,20+,21?,22?,23-,24+,25+/m1/s1. The van der Waals surface area contributed by atoms with Gasteiger partial charge in [0.05, 0.1) is 11.5 Å². The minimum absolute atomic E-state index is 0.0532. The zero-order chi connectivity index (χ0) is 21.6. The summed E-state index contributed by atoms with van der Waals surface area (Å²) in [4.78, 5) is 26.0. The van der Waals surface area contributed by atoms with E-state index in [1.54, 1.807) is 6.08 Å². The molecule has 4 fully saturated rings. The normalized spacial score (nSPS) is 55.7. The second-order valence-electron chi connectivity index (χ2n) is 11.1. The molecule has 4 heteroatoms. The number of ketones is 1. The zero-order valence-corrected chi connectivity index (χ0v) is 18.8. The number of ether oxygens (including phenoxy) is 2. The van der Waals surface area contributed by atoms with Gasteiger partial charge in [-0.15, -0.1) is 13.2 Å². The highest BCUT2D eigenvalue weighted by Crippen LogP contribution is 2.86. The van der Waals surface area contributed by atoms with Gasteiger partial charge in [0.25, 0.3) is 0 Å². The molecule has 4 aliphatic rings. The van der Waals surface area contributed by atoms with Crippen molar-refractivity contribution < 1.29 is 19.1 Å². The average molecular weight is 401 g/mol. The molecule has 0 amide bonds. The maximum absolute atomic E-state index is 13.8. The van der Waals surface area contributed by atoms with Crippen LogP contribution in [0.1, 0.15) is 67.2 Å². The molecule has 1 aliphatic heterocycles. The lowest BCUT2D eigenvalue weighted by Crippen LogP contribution is -2.74. The van der Waals surface area contributed by atoms with E-state index in [0.29, 0.717) is 6.42 Å². The molecule has 0 aromatic heterocycles. The Bertz CT molecular complexity index is 803. The fourth-order valence-electron chi connectivity index (χ4n) is 8.65. The molecule has 3 unspecified atom stereocenters. The smallest absolute Gasteiger partial charge is 0.303 e. The van der Waals surface area contributed by atoms with Gasteiger partial charge in [-0.1, -0.05) is 32.9 Å². The first-order chi connectivity index (χ1) is 13.3. The van der Waals surface area contributed by atoms with E-state index >= 15 is 0 Å². The highest BCUT2D eigenvalue weighted by molar-refractivity contribution is 5.86. The van der Waals surface area contributed by atoms with E-state index in [9.17, 15) is 9.59 Å². The number of Topliss-reactive ketones (excluding diaryl/α,β-unsaturated/α-hetero) is 1. The van der Waals surface area contributed by atoms with Crippen molar-refractivity contribution in [2.24, 2.45) is 34.0 Å². The first-order valence-corrected chi connectivity index (χ1v) is 11.0. The lowest BCUT2D eigenvalue weighted by molar-refractivity contribution is -0.298. The monoisotopic (exact) mass is 400 g/mol. The molecule has 4 nitrogen and oxygen atoms in total. The van der Waals surface area contributed by atoms with E-state index in [4.69, 9.17) is 9.47 Å². The Balaban J connectivity index is 1.96. The number of hydrogen-bond donors (Lipinski definition) is 0. The van der Waals surface area contributed by atoms with E-state index in [2.05, 4.69) is 40.0 Å². The van der Waals surface area contributed by atoms with Gasteiger partial charge in [-0.2, -0.15) is 0 Å². The fourth-order valence-corrected chi connectivity index (χ4v) is 8.65. The Hall–Kier alpha value is -1.42. The summed E-state index contributed by atoms with van der Waals surface area (Å²) in [5.41, 5.74) is -1.81. The molecule has 9 atom stereocenters. The number of esters is 1. The van der Waals surface area contributed by atoms with E-state index in [1.165, 1.54) is 6.92 Å². The van der Waals surface area contributed by atoms with Crippen LogP contribution in [0.3, 0.4) is 0 Å². The second-order valence-corrected chi connectivity index (χ2v) is 11.1. The Kier molecular flexibility index (Phi) is 4.19. The molecule has 4 rings (SSSR count). The Morgan fingerprint density at radius 3 is 2.45 bits per heavy atom. The maximum atomic E-state index is 13.8. The molecule has 29 heavy (non-hydrogen) atoms. The molecule has 0 bridgehead atoms. The molecule has 0 N–H and O–H groups in total. The number of rotatable bonds is 3. The first kappa shape index (κ1) is 20.8. The molecule has 1 saturated heterocycles. The summed E-state index contributed by atoms with van der Waals surface area (Å²) in [7, 11) is 0. The number of fused-ring (bicyclic) bond motifs is 2. The summed E-state index contributed by atoms with van der Waals surface area (Å²) >= 11 is 0. The number of carbonyl (C=O) groups is 2. The quantitative estimate of drug-likeness (QED) is 0.501. The fraction of sp³-hybridized carbons (Fsp3) is 0.760. The lowest BCUT2D eigenvalue weighted by atomic mass is 9.40. The van der Waals surface area contributed by atoms with E-state index < -0.39 is 17.3 Å². The van der Waals surface area contributed by atoms with E-state index in [0.717, 1.165) is 19.3 Å². The predicted molar refractivity (Wildman–Crippen MR) is 112 cm³/mol. The number of hydrogen-bond acceptors (Lipinski definition) is 4. The van der Waals surface area contributed by atoms with Crippen molar-refractivity contribution in [2.45, 2.75) is 84.5 Å². The molecule has 3 aliphatic carbocycles. The molecule has 160 valence electrons. The molecule has 0 radical (unpaired) electrons. The Labute approximate surface area is 175 Å². The van der Waals surface area contributed by atoms with Gasteiger partial charge in [0.15, 0.2) is 0 Å². The SMILES string of the molecule is C=C[C@H]1CCC2(C)C[C@]23[C@H](C)[C@H](OC(C)=O)[C@@]2(C)OC(C)(C=C)CC(=O)C2[C@@]13C. The minimum atomic E-state index is -0.897. The van der Waals surface area contributed by atoms with Crippen LogP contribution in [0.4, 0.5) is 0 Å². The Morgan fingerprint density at radius 2 is 1.90 bits per heavy atom. The topological polar surface area (TPSA) is 52.6 Å². The van der Waals surface area contributed by atoms with Gasteiger partial charge in [0.1, 0.15) is 17.5 Å². The zero-order valence-electron chi connectivity index (χ0n) is 18.8. The highest BCUT2D eigenvalue weighted by atomic mass is 16.6. The summed E-state index contributed by atoms with van der Waals surface area (Å²) in [6.07, 6.45) is 6.87. The summed E-state index contributed by atoms with van der Waals surface area (Å²) in [5.74, 6) is -0.125. The second kappa shape index (κ2) is 5.84. The van der Waals surface area contributed by atoms with Crippen LogP contribution in [0.5, 0.6) is 0 Å². The van der Waals surface area contributed by atoms with Crippen molar-refractivity contribution in [2.75, 3.05) is 0 Å². The highest BCUT2D eigenvalue weighted by Gasteiger charge is 2.85. The van der Waals surface area contributed by atoms with Crippen molar-refractivity contribution in [3.8, 4) is 0 Å². The van der Waals surface area contributed by atoms with Crippen LogP contribution in [0, 0.1) is 34.0 Å². The van der Waals surface area contributed by atoms with Crippen molar-refractivity contribution in [3.63, 3.8) is 0 Å². The van der Waals surface area contributed by atoms with Gasteiger partial charge in [-0.25, -0.2) is 0 Å². The van der Waals surface area contributed by atoms with Crippen LogP contribution in [-0.2, 0) is 19.1 Å². The maximum Gasteiger partial charge on any atom is 0.303 e. The summed E-state index contributed by atoms with van der Waals surface area (Å²) in [6, 6.07) is 0. The average Bonchev–Trinajstić information content (AvgIpc) is 3.26. The summed E-state index contributed by atoms with van der Waals surface area (Å²) < 4.78 is 12.7. The Morgan fingerprint density at radius 1 is 1.24 bits per heavy atom. The van der Waals surface area contributed by atoms with Crippen LogP contribution in [-0.4, -0.2) is 29.1 Å². The third-order valence-electron chi connectivity index (χ3n) is 9.64. The van der Waals surface area contributed by atoms with Gasteiger partial charge in [0.2, 0.25) is 0 Å². The van der Waals surface area contributed by atoms with E-state index in [1.807, 2.05) is 13.8 Å². The van der Waals surface area contributed by atoms with Gasteiger partial charge in [0, 0.05) is 19.3 Å². The first-order valence-electron chi connectivity index (χ1n) is 11.0. The number of allylic oxidation sites excluding steroid dienone is 1. The van der Waals surface area contributed by atoms with Crippen LogP contribution < -0.4 is 0 Å². The molecular weight excluding hydrogens is 364 g/mol. The molecule has 3 saturated carbocycles. The van der Waals surface area contributed by atoms with Crippen molar-refractivity contribution in [1.82, 2.24) is 0 Å². The molecule has 0 aromatic carbocycles. The van der Waals surface area contributed by atoms with Crippen LogP contribution in [0.2, 0.25) is 0 Å². The minimum Gasteiger partial charge on any atom is -0.459 e.